The molecule has 0 radical (unpaired) electrons. The molecule has 1 aromatic heterocycles. The van der Waals surface area contributed by atoms with E-state index >= 15 is 0 Å². The Morgan fingerprint density at radius 1 is 1.27 bits per heavy atom. The van der Waals surface area contributed by atoms with Gasteiger partial charge in [0.1, 0.15) is 5.75 Å². The minimum absolute atomic E-state index is 0.0751. The van der Waals surface area contributed by atoms with Crippen LogP contribution in [0.5, 0.6) is 11.5 Å². The molecule has 134 valence electrons. The highest BCUT2D eigenvalue weighted by molar-refractivity contribution is 6.30. The van der Waals surface area contributed by atoms with E-state index in [1.165, 1.54) is 18.2 Å². The van der Waals surface area contributed by atoms with Gasteiger partial charge in [0.2, 0.25) is 0 Å². The molecule has 0 N–H and O–H groups in total. The Bertz CT molecular complexity index is 994. The van der Waals surface area contributed by atoms with Gasteiger partial charge >= 0.3 is 5.97 Å². The topological polar surface area (TPSA) is 40.5 Å². The van der Waals surface area contributed by atoms with Crippen LogP contribution in [0.2, 0.25) is 5.02 Å². The first-order valence-corrected chi connectivity index (χ1v) is 8.43. The number of carbonyl (C=O) groups excluding carboxylic acids is 1. The average Bonchev–Trinajstić information content (AvgIpc) is 2.93. The highest BCUT2D eigenvalue weighted by atomic mass is 35.5. The Morgan fingerprint density at radius 3 is 2.81 bits per heavy atom. The van der Waals surface area contributed by atoms with E-state index in [0.29, 0.717) is 17.4 Å². The highest BCUT2D eigenvalue weighted by Crippen LogP contribution is 2.35. The number of halogens is 2. The summed E-state index contributed by atoms with van der Waals surface area (Å²) in [4.78, 5) is 11.6. The van der Waals surface area contributed by atoms with Gasteiger partial charge in [-0.15, -0.1) is 0 Å². The van der Waals surface area contributed by atoms with Gasteiger partial charge in [0.25, 0.3) is 0 Å². The van der Waals surface area contributed by atoms with Crippen molar-refractivity contribution in [3.05, 3.63) is 65.1 Å². The molecule has 0 saturated carbocycles. The monoisotopic (exact) mass is 373 g/mol. The third-order valence-corrected chi connectivity index (χ3v) is 4.04. The predicted molar refractivity (Wildman–Crippen MR) is 100 cm³/mol. The van der Waals surface area contributed by atoms with Crippen LogP contribution in [0.15, 0.2) is 48.7 Å². The molecule has 6 heteroatoms. The van der Waals surface area contributed by atoms with Crippen molar-refractivity contribution >= 4 is 34.5 Å². The van der Waals surface area contributed by atoms with E-state index in [0.717, 1.165) is 16.5 Å². The smallest absolute Gasteiger partial charge is 0.330 e. The van der Waals surface area contributed by atoms with Gasteiger partial charge < -0.3 is 14.0 Å². The van der Waals surface area contributed by atoms with Crippen LogP contribution in [0.1, 0.15) is 12.5 Å². The summed E-state index contributed by atoms with van der Waals surface area (Å²) in [7, 11) is 1.89. The Morgan fingerprint density at radius 2 is 2.08 bits per heavy atom. The zero-order valence-corrected chi connectivity index (χ0v) is 15.1. The molecule has 0 fully saturated rings. The van der Waals surface area contributed by atoms with E-state index in [2.05, 4.69) is 0 Å². The predicted octanol–water partition coefficient (Wildman–Crippen LogP) is 5.34. The van der Waals surface area contributed by atoms with Crippen molar-refractivity contribution < 1.29 is 18.7 Å². The van der Waals surface area contributed by atoms with Crippen molar-refractivity contribution in [3.63, 3.8) is 0 Å². The number of hydrogen-bond acceptors (Lipinski definition) is 3. The minimum Gasteiger partial charge on any atom is -0.463 e. The Balaban J connectivity index is 2.04. The van der Waals surface area contributed by atoms with E-state index in [4.69, 9.17) is 21.1 Å². The fourth-order valence-corrected chi connectivity index (χ4v) is 2.84. The molecule has 2 aromatic carbocycles. The number of fused-ring (bicyclic) bond motifs is 1. The zero-order chi connectivity index (χ0) is 18.7. The first kappa shape index (κ1) is 18.0. The molecule has 26 heavy (non-hydrogen) atoms. The average molecular weight is 374 g/mol. The van der Waals surface area contributed by atoms with Crippen molar-refractivity contribution in [1.82, 2.24) is 4.57 Å². The number of hydrogen-bond donors (Lipinski definition) is 0. The normalized spacial score (nSPS) is 11.2. The maximum atomic E-state index is 14.1. The van der Waals surface area contributed by atoms with Crippen LogP contribution in [0, 0.1) is 5.82 Å². The SMILES string of the molecule is CCOC(=O)C=Cc1cn(C)c2cccc(Oc3ccc(Cl)cc3F)c12. The van der Waals surface area contributed by atoms with Crippen LogP contribution < -0.4 is 4.74 Å². The molecule has 3 rings (SSSR count). The maximum Gasteiger partial charge on any atom is 0.330 e. The molecule has 0 unspecified atom stereocenters. The number of aryl methyl sites for hydroxylation is 1. The first-order chi connectivity index (χ1) is 12.5. The van der Waals surface area contributed by atoms with Gasteiger partial charge in [-0.1, -0.05) is 17.7 Å². The van der Waals surface area contributed by atoms with Gasteiger partial charge in [-0.2, -0.15) is 0 Å². The molecule has 0 amide bonds. The van der Waals surface area contributed by atoms with Crippen LogP contribution in [0.25, 0.3) is 17.0 Å². The van der Waals surface area contributed by atoms with Gasteiger partial charge in [-0.25, -0.2) is 9.18 Å². The third kappa shape index (κ3) is 3.73. The molecule has 0 saturated heterocycles. The first-order valence-electron chi connectivity index (χ1n) is 8.05. The van der Waals surface area contributed by atoms with E-state index in [1.807, 2.05) is 29.9 Å². The van der Waals surface area contributed by atoms with Gasteiger partial charge in [0, 0.05) is 35.3 Å². The number of esters is 1. The molecule has 0 spiro atoms. The zero-order valence-electron chi connectivity index (χ0n) is 14.3. The quantitative estimate of drug-likeness (QED) is 0.447. The molecule has 4 nitrogen and oxygen atoms in total. The van der Waals surface area contributed by atoms with E-state index < -0.39 is 11.8 Å². The summed E-state index contributed by atoms with van der Waals surface area (Å²) in [6.45, 7) is 2.05. The fourth-order valence-electron chi connectivity index (χ4n) is 2.68. The van der Waals surface area contributed by atoms with E-state index in [9.17, 15) is 9.18 Å². The molecule has 1 heterocycles. The fraction of sp³-hybridized carbons (Fsp3) is 0.150. The van der Waals surface area contributed by atoms with E-state index in [-0.39, 0.29) is 5.75 Å². The highest BCUT2D eigenvalue weighted by Gasteiger charge is 2.13. The van der Waals surface area contributed by atoms with Crippen LogP contribution in [0.4, 0.5) is 4.39 Å². The lowest BCUT2D eigenvalue weighted by molar-refractivity contribution is -0.137. The second kappa shape index (κ2) is 7.62. The second-order valence-corrected chi connectivity index (χ2v) is 6.04. The molecule has 0 aliphatic carbocycles. The van der Waals surface area contributed by atoms with Gasteiger partial charge in [-0.3, -0.25) is 0 Å². The van der Waals surface area contributed by atoms with Crippen molar-refractivity contribution in [3.8, 4) is 11.5 Å². The van der Waals surface area contributed by atoms with Crippen LogP contribution >= 0.6 is 11.6 Å². The number of carbonyl (C=O) groups is 1. The van der Waals surface area contributed by atoms with Crippen molar-refractivity contribution in [1.29, 1.82) is 0 Å². The second-order valence-electron chi connectivity index (χ2n) is 5.61. The summed E-state index contributed by atoms with van der Waals surface area (Å²) >= 11 is 5.79. The molecular weight excluding hydrogens is 357 g/mol. The lowest BCUT2D eigenvalue weighted by Crippen LogP contribution is -1.98. The Labute approximate surface area is 155 Å². The summed E-state index contributed by atoms with van der Waals surface area (Å²) in [5.41, 5.74) is 1.65. The number of rotatable bonds is 5. The number of benzene rings is 2. The van der Waals surface area contributed by atoms with Gasteiger partial charge in [0.15, 0.2) is 11.6 Å². The summed E-state index contributed by atoms with van der Waals surface area (Å²) < 4.78 is 26.7. The van der Waals surface area contributed by atoms with Gasteiger partial charge in [-0.05, 0) is 43.3 Å². The standard InChI is InChI=1S/C20H17ClFNO3/c1-3-25-19(24)10-7-13-12-23(2)16-5-4-6-18(20(13)16)26-17-9-8-14(21)11-15(17)22/h4-12H,3H2,1-2H3. The summed E-state index contributed by atoms with van der Waals surface area (Å²) in [5.74, 6) is -0.417. The van der Waals surface area contributed by atoms with Crippen molar-refractivity contribution in [2.75, 3.05) is 6.61 Å². The van der Waals surface area contributed by atoms with Crippen LogP contribution in [-0.2, 0) is 16.6 Å². The summed E-state index contributed by atoms with van der Waals surface area (Å²) in [6, 6.07) is 9.73. The van der Waals surface area contributed by atoms with Crippen LogP contribution in [-0.4, -0.2) is 17.1 Å². The molecular formula is C20H17ClFNO3. The largest absolute Gasteiger partial charge is 0.463 e. The molecule has 0 atom stereocenters. The lowest BCUT2D eigenvalue weighted by Gasteiger charge is -2.09. The lowest BCUT2D eigenvalue weighted by atomic mass is 10.1. The van der Waals surface area contributed by atoms with Crippen molar-refractivity contribution in [2.24, 2.45) is 7.05 Å². The molecule has 0 aliphatic heterocycles. The molecule has 3 aromatic rings. The minimum atomic E-state index is -0.547. The maximum absolute atomic E-state index is 14.1. The summed E-state index contributed by atoms with van der Waals surface area (Å²) in [6.07, 6.45) is 4.88. The molecule has 0 aliphatic rings. The van der Waals surface area contributed by atoms with E-state index in [1.54, 1.807) is 25.1 Å². The number of ether oxygens (including phenoxy) is 2. The third-order valence-electron chi connectivity index (χ3n) is 3.81. The summed E-state index contributed by atoms with van der Waals surface area (Å²) in [5, 5.41) is 1.07. The Kier molecular flexibility index (Phi) is 5.28. The number of nitrogens with zero attached hydrogens (tertiary/aromatic N) is 1. The van der Waals surface area contributed by atoms with Gasteiger partial charge in [0.05, 0.1) is 12.1 Å². The van der Waals surface area contributed by atoms with Crippen LogP contribution in [0.3, 0.4) is 0 Å². The molecule has 0 bridgehead atoms. The Hall–Kier alpha value is -2.79. The van der Waals surface area contributed by atoms with Crippen molar-refractivity contribution in [2.45, 2.75) is 6.92 Å². The number of aromatic nitrogens is 1.